The molecule has 0 radical (unpaired) electrons. The fraction of sp³-hybridized carbons (Fsp3) is 0.391. The molecule has 11 nitrogen and oxygen atoms in total. The van der Waals surface area contributed by atoms with Crippen LogP contribution >= 0.6 is 34.5 Å². The number of halogens is 2. The fourth-order valence-corrected chi connectivity index (χ4v) is 5.27. The van der Waals surface area contributed by atoms with Crippen molar-refractivity contribution >= 4 is 51.7 Å². The Balaban J connectivity index is 1.54. The molecule has 4 heterocycles. The third kappa shape index (κ3) is 5.77. The maximum Gasteiger partial charge on any atom is 0.514 e. The van der Waals surface area contributed by atoms with E-state index in [-0.39, 0.29) is 33.8 Å². The Kier molecular flexibility index (Phi) is 8.42. The van der Waals surface area contributed by atoms with Crippen molar-refractivity contribution in [2.45, 2.75) is 25.5 Å². The molecule has 0 saturated carbocycles. The first-order chi connectivity index (χ1) is 17.7. The number of aromatic nitrogens is 3. The third-order valence-electron chi connectivity index (χ3n) is 5.83. The van der Waals surface area contributed by atoms with Gasteiger partial charge in [-0.05, 0) is 19.4 Å². The summed E-state index contributed by atoms with van der Waals surface area (Å²) < 4.78 is 20.9. The maximum atomic E-state index is 12.9. The van der Waals surface area contributed by atoms with Crippen LogP contribution in [0.25, 0.3) is 11.4 Å². The molecule has 1 amide bonds. The molecule has 2 atom stereocenters. The minimum atomic E-state index is -0.867. The zero-order valence-electron chi connectivity index (χ0n) is 20.5. The molecule has 1 aliphatic heterocycles. The van der Waals surface area contributed by atoms with Crippen molar-refractivity contribution in [3.05, 3.63) is 39.6 Å². The number of pyridine rings is 1. The fourth-order valence-electron chi connectivity index (χ4n) is 3.90. The van der Waals surface area contributed by atoms with Gasteiger partial charge >= 0.3 is 6.16 Å². The smallest absolute Gasteiger partial charge is 0.481 e. The minimum Gasteiger partial charge on any atom is -0.481 e. The molecule has 0 aliphatic carbocycles. The monoisotopic (exact) mass is 569 g/mol. The van der Waals surface area contributed by atoms with Crippen LogP contribution in [0.1, 0.15) is 22.6 Å². The number of aryl methyl sites for hydroxylation is 1. The van der Waals surface area contributed by atoms with Crippen LogP contribution in [0.15, 0.2) is 18.2 Å². The lowest BCUT2D eigenvalue weighted by Crippen LogP contribution is -2.55. The molecule has 1 saturated heterocycles. The Morgan fingerprint density at radius 3 is 2.62 bits per heavy atom. The molecule has 0 spiro atoms. The van der Waals surface area contributed by atoms with E-state index in [1.807, 2.05) is 4.90 Å². The molecule has 3 aromatic rings. The highest BCUT2D eigenvalue weighted by Gasteiger charge is 2.34. The first kappa shape index (κ1) is 27.0. The summed E-state index contributed by atoms with van der Waals surface area (Å²) in [5.41, 5.74) is 1.68. The number of rotatable bonds is 7. The van der Waals surface area contributed by atoms with Crippen LogP contribution in [0.4, 0.5) is 9.93 Å². The van der Waals surface area contributed by atoms with Crippen LogP contribution in [-0.2, 0) is 9.47 Å². The van der Waals surface area contributed by atoms with Crippen molar-refractivity contribution < 1.29 is 28.5 Å². The van der Waals surface area contributed by atoms with Gasteiger partial charge in [-0.1, -0.05) is 40.6 Å². The molecular formula is C23H25Cl2N5O6S. The number of carbonyl (C=O) groups excluding carboxylic acids is 2. The van der Waals surface area contributed by atoms with E-state index in [4.69, 9.17) is 42.4 Å². The average molecular weight is 570 g/mol. The van der Waals surface area contributed by atoms with Gasteiger partial charge < -0.3 is 34.1 Å². The quantitative estimate of drug-likeness (QED) is 0.399. The number of amides is 1. The zero-order chi connectivity index (χ0) is 26.7. The number of ether oxygens (including phenoxy) is 4. The molecule has 2 N–H and O–H groups in total. The van der Waals surface area contributed by atoms with Gasteiger partial charge in [-0.15, -0.1) is 0 Å². The van der Waals surface area contributed by atoms with Gasteiger partial charge in [-0.2, -0.15) is 0 Å². The van der Waals surface area contributed by atoms with Gasteiger partial charge in [-0.3, -0.25) is 4.79 Å². The number of nitrogens with zero attached hydrogens (tertiary/aromatic N) is 3. The normalized spacial score (nSPS) is 17.4. The minimum absolute atomic E-state index is 0.183. The van der Waals surface area contributed by atoms with Gasteiger partial charge in [-0.25, -0.2) is 14.8 Å². The van der Waals surface area contributed by atoms with E-state index >= 15 is 0 Å². The summed E-state index contributed by atoms with van der Waals surface area (Å²) in [7, 11) is 4.32. The lowest BCUT2D eigenvalue weighted by molar-refractivity contribution is 0.0540. The number of aromatic amines is 1. The molecule has 198 valence electrons. The second-order valence-electron chi connectivity index (χ2n) is 8.10. The number of carbonyl (C=O) groups is 2. The maximum absolute atomic E-state index is 12.9. The molecule has 4 rings (SSSR count). The number of methoxy groups -OCH3 is 3. The second-order valence-corrected chi connectivity index (χ2v) is 9.79. The molecule has 14 heteroatoms. The molecule has 0 aromatic carbocycles. The van der Waals surface area contributed by atoms with Gasteiger partial charge in [0.25, 0.3) is 5.91 Å². The van der Waals surface area contributed by atoms with Crippen molar-refractivity contribution in [1.29, 1.82) is 0 Å². The Morgan fingerprint density at radius 2 is 1.97 bits per heavy atom. The number of H-pyrrole nitrogens is 1. The lowest BCUT2D eigenvalue weighted by Gasteiger charge is -2.37. The van der Waals surface area contributed by atoms with Crippen molar-refractivity contribution in [2.24, 2.45) is 0 Å². The summed E-state index contributed by atoms with van der Waals surface area (Å²) in [6.45, 7) is 2.72. The van der Waals surface area contributed by atoms with E-state index in [0.717, 1.165) is 0 Å². The predicted molar refractivity (Wildman–Crippen MR) is 139 cm³/mol. The van der Waals surface area contributed by atoms with Crippen molar-refractivity contribution in [3.63, 3.8) is 0 Å². The van der Waals surface area contributed by atoms with Crippen LogP contribution in [0, 0.1) is 6.92 Å². The van der Waals surface area contributed by atoms with Crippen molar-refractivity contribution in [3.8, 4) is 22.3 Å². The van der Waals surface area contributed by atoms with Crippen LogP contribution in [-0.4, -0.2) is 73.6 Å². The summed E-state index contributed by atoms with van der Waals surface area (Å²) in [6.07, 6.45) is -0.654. The molecular weight excluding hydrogens is 545 g/mol. The second kappa shape index (κ2) is 11.5. The van der Waals surface area contributed by atoms with E-state index in [9.17, 15) is 9.59 Å². The molecule has 37 heavy (non-hydrogen) atoms. The first-order valence-electron chi connectivity index (χ1n) is 11.2. The summed E-state index contributed by atoms with van der Waals surface area (Å²) in [4.78, 5) is 38.8. The number of hydrogen-bond acceptors (Lipinski definition) is 10. The number of thiazole rings is 1. The standard InChI is InChI=1S/C23H25Cl2N5O6S/c1-11-16(24)17(25)19(26-11)20(31)28-12-8-9-30(10-14(12)33-2)22-29-18(21(37-22)36-23(32)35-4)13-6-5-7-15(27-13)34-3/h5-7,12,14,26H,8-10H2,1-4H3,(H,28,31)/t12-,14+/m1/s1. The molecule has 0 bridgehead atoms. The topological polar surface area (TPSA) is 128 Å². The highest BCUT2D eigenvalue weighted by molar-refractivity contribution is 7.18. The molecule has 1 fully saturated rings. The van der Waals surface area contributed by atoms with E-state index in [1.54, 1.807) is 32.2 Å². The SMILES string of the molecule is COC(=O)Oc1sc(N2CC[C@@H](NC(=O)c3[nH]c(C)c(Cl)c3Cl)[C@@H](OC)C2)nc1-c1cccc(OC)n1. The Labute approximate surface area is 227 Å². The summed E-state index contributed by atoms with van der Waals surface area (Å²) in [5, 5.41) is 4.32. The molecule has 1 aliphatic rings. The number of piperidine rings is 1. The lowest BCUT2D eigenvalue weighted by atomic mass is 10.0. The van der Waals surface area contributed by atoms with Crippen LogP contribution in [0.3, 0.4) is 0 Å². The van der Waals surface area contributed by atoms with Gasteiger partial charge in [0.1, 0.15) is 11.4 Å². The van der Waals surface area contributed by atoms with Crippen LogP contribution in [0.2, 0.25) is 10.0 Å². The first-order valence-corrected chi connectivity index (χ1v) is 12.7. The molecule has 3 aromatic heterocycles. The van der Waals surface area contributed by atoms with Crippen molar-refractivity contribution in [1.82, 2.24) is 20.3 Å². The van der Waals surface area contributed by atoms with Gasteiger partial charge in [0, 0.05) is 32.0 Å². The largest absolute Gasteiger partial charge is 0.514 e. The van der Waals surface area contributed by atoms with Gasteiger partial charge in [0.15, 0.2) is 5.13 Å². The van der Waals surface area contributed by atoms with E-state index < -0.39 is 6.16 Å². The summed E-state index contributed by atoms with van der Waals surface area (Å²) in [5.74, 6) is 0.0284. The third-order valence-corrected chi connectivity index (χ3v) is 7.77. The summed E-state index contributed by atoms with van der Waals surface area (Å²) >= 11 is 13.5. The van der Waals surface area contributed by atoms with Gasteiger partial charge in [0.2, 0.25) is 10.9 Å². The van der Waals surface area contributed by atoms with Gasteiger partial charge in [0.05, 0.1) is 42.1 Å². The van der Waals surface area contributed by atoms with Crippen molar-refractivity contribution in [2.75, 3.05) is 39.3 Å². The Hall–Kier alpha value is -3.06. The Morgan fingerprint density at radius 1 is 1.19 bits per heavy atom. The highest BCUT2D eigenvalue weighted by atomic mass is 35.5. The average Bonchev–Trinajstić information content (AvgIpc) is 3.44. The molecule has 0 unspecified atom stereocenters. The van der Waals surface area contributed by atoms with Crippen LogP contribution < -0.4 is 19.7 Å². The van der Waals surface area contributed by atoms with E-state index in [2.05, 4.69) is 20.0 Å². The number of anilines is 1. The van der Waals surface area contributed by atoms with Crippen LogP contribution in [0.5, 0.6) is 10.9 Å². The van der Waals surface area contributed by atoms with E-state index in [0.29, 0.717) is 52.6 Å². The Bertz CT molecular complexity index is 1300. The summed E-state index contributed by atoms with van der Waals surface area (Å²) in [6, 6.07) is 4.93. The highest BCUT2D eigenvalue weighted by Crippen LogP contribution is 2.40. The van der Waals surface area contributed by atoms with E-state index in [1.165, 1.54) is 25.6 Å². The number of hydrogen-bond donors (Lipinski definition) is 2. The predicted octanol–water partition coefficient (Wildman–Crippen LogP) is 4.33. The zero-order valence-corrected chi connectivity index (χ0v) is 22.8. The number of nitrogens with one attached hydrogen (secondary N) is 2.